The van der Waals surface area contributed by atoms with Crippen LogP contribution in [0.15, 0.2) is 24.3 Å². The molecule has 8 nitrogen and oxygen atoms in total. The molecule has 3 heterocycles. The molecule has 8 heteroatoms. The van der Waals surface area contributed by atoms with Crippen LogP contribution >= 0.6 is 0 Å². The van der Waals surface area contributed by atoms with Crippen molar-refractivity contribution in [2.75, 3.05) is 26.3 Å². The fraction of sp³-hybridized carbons (Fsp3) is 0.545. The summed E-state index contributed by atoms with van der Waals surface area (Å²) in [5.41, 5.74) is 2.16. The van der Waals surface area contributed by atoms with Crippen LogP contribution in [-0.4, -0.2) is 64.2 Å². The van der Waals surface area contributed by atoms with Crippen molar-refractivity contribution in [3.05, 3.63) is 47.0 Å². The summed E-state index contributed by atoms with van der Waals surface area (Å²) >= 11 is 0. The predicted molar refractivity (Wildman–Crippen MR) is 111 cm³/mol. The molecule has 1 aromatic carbocycles. The van der Waals surface area contributed by atoms with Gasteiger partial charge in [-0.3, -0.25) is 14.7 Å². The van der Waals surface area contributed by atoms with Crippen molar-refractivity contribution < 1.29 is 14.3 Å². The molecule has 2 aliphatic heterocycles. The summed E-state index contributed by atoms with van der Waals surface area (Å²) < 4.78 is 5.37. The first kappa shape index (κ1) is 20.5. The molecule has 30 heavy (non-hydrogen) atoms. The largest absolute Gasteiger partial charge is 0.381 e. The maximum Gasteiger partial charge on any atom is 0.227 e. The van der Waals surface area contributed by atoms with Gasteiger partial charge in [0.1, 0.15) is 5.82 Å². The molecular weight excluding hydrogens is 382 g/mol. The van der Waals surface area contributed by atoms with E-state index in [1.165, 1.54) is 5.56 Å². The van der Waals surface area contributed by atoms with Crippen molar-refractivity contribution in [1.82, 2.24) is 25.4 Å². The van der Waals surface area contributed by atoms with Gasteiger partial charge in [-0.25, -0.2) is 4.98 Å². The van der Waals surface area contributed by atoms with E-state index < -0.39 is 0 Å². The van der Waals surface area contributed by atoms with Crippen LogP contribution in [0.25, 0.3) is 0 Å². The molecule has 0 saturated carbocycles. The maximum atomic E-state index is 13.0. The summed E-state index contributed by atoms with van der Waals surface area (Å²) in [6.07, 6.45) is 1.82. The van der Waals surface area contributed by atoms with Crippen molar-refractivity contribution >= 4 is 11.8 Å². The lowest BCUT2D eigenvalue weighted by molar-refractivity contribution is -0.131. The molecule has 0 bridgehead atoms. The highest BCUT2D eigenvalue weighted by molar-refractivity contribution is 5.81. The minimum atomic E-state index is -0.197. The zero-order valence-corrected chi connectivity index (χ0v) is 17.6. The van der Waals surface area contributed by atoms with E-state index in [2.05, 4.69) is 20.5 Å². The van der Waals surface area contributed by atoms with Gasteiger partial charge in [0.2, 0.25) is 11.8 Å². The molecule has 2 aromatic rings. The Kier molecular flexibility index (Phi) is 6.13. The number of benzene rings is 1. The Morgan fingerprint density at radius 3 is 2.57 bits per heavy atom. The van der Waals surface area contributed by atoms with Crippen LogP contribution in [-0.2, 0) is 20.7 Å². The Labute approximate surface area is 176 Å². The monoisotopic (exact) mass is 411 g/mol. The van der Waals surface area contributed by atoms with Gasteiger partial charge in [-0.2, -0.15) is 5.10 Å². The third-order valence-electron chi connectivity index (χ3n) is 6.01. The highest BCUT2D eigenvalue weighted by atomic mass is 16.5. The second-order valence-corrected chi connectivity index (χ2v) is 8.35. The molecule has 2 atom stereocenters. The number of aryl methyl sites for hydroxylation is 2. The SMILES string of the molecule is Cc1ccc(CC(=O)N2C[C@@H](NC(=O)C3CCOCC3)[C@H](c3n[nH]c(C)n3)C2)cc1. The Bertz CT molecular complexity index is 888. The summed E-state index contributed by atoms with van der Waals surface area (Å²) in [7, 11) is 0. The van der Waals surface area contributed by atoms with Crippen molar-refractivity contribution in [2.24, 2.45) is 5.92 Å². The van der Waals surface area contributed by atoms with Crippen LogP contribution in [0.2, 0.25) is 0 Å². The van der Waals surface area contributed by atoms with Crippen LogP contribution in [0.3, 0.4) is 0 Å². The second-order valence-electron chi connectivity index (χ2n) is 8.35. The normalized spacial score (nSPS) is 22.3. The van der Waals surface area contributed by atoms with E-state index in [0.717, 1.165) is 24.2 Å². The number of amides is 2. The standard InChI is InChI=1S/C22H29N5O3/c1-14-3-5-16(6-4-14)11-20(28)27-12-18(21-23-15(2)25-26-21)19(13-27)24-22(29)17-7-9-30-10-8-17/h3-6,17-19H,7-13H2,1-2H3,(H,24,29)(H,23,25,26)/t18-,19-/m1/s1. The number of H-pyrrole nitrogens is 1. The molecule has 160 valence electrons. The number of aromatic nitrogens is 3. The molecule has 2 N–H and O–H groups in total. The minimum Gasteiger partial charge on any atom is -0.381 e. The summed E-state index contributed by atoms with van der Waals surface area (Å²) in [5, 5.41) is 10.4. The van der Waals surface area contributed by atoms with E-state index in [0.29, 0.717) is 38.5 Å². The van der Waals surface area contributed by atoms with Crippen LogP contribution in [0.4, 0.5) is 0 Å². The molecular formula is C22H29N5O3. The molecule has 0 spiro atoms. The minimum absolute atomic E-state index is 0.0355. The number of rotatable bonds is 5. The van der Waals surface area contributed by atoms with Crippen molar-refractivity contribution in [1.29, 1.82) is 0 Å². The number of nitrogens with one attached hydrogen (secondary N) is 2. The number of ether oxygens (including phenoxy) is 1. The summed E-state index contributed by atoms with van der Waals surface area (Å²) in [5.74, 6) is 1.30. The summed E-state index contributed by atoms with van der Waals surface area (Å²) in [6.45, 7) is 6.09. The van der Waals surface area contributed by atoms with E-state index in [1.54, 1.807) is 0 Å². The molecule has 1 aromatic heterocycles. The number of nitrogens with zero attached hydrogens (tertiary/aromatic N) is 3. The number of likely N-dealkylation sites (tertiary alicyclic amines) is 1. The highest BCUT2D eigenvalue weighted by Gasteiger charge is 2.40. The Hall–Kier alpha value is -2.74. The fourth-order valence-electron chi connectivity index (χ4n) is 4.19. The zero-order valence-electron chi connectivity index (χ0n) is 17.6. The first-order valence-electron chi connectivity index (χ1n) is 10.6. The second kappa shape index (κ2) is 8.95. The molecule has 4 rings (SSSR count). The number of carbonyl (C=O) groups excluding carboxylic acids is 2. The topological polar surface area (TPSA) is 100 Å². The van der Waals surface area contributed by atoms with E-state index >= 15 is 0 Å². The van der Waals surface area contributed by atoms with E-state index in [-0.39, 0.29) is 29.7 Å². The lowest BCUT2D eigenvalue weighted by Crippen LogP contribution is -2.44. The number of aromatic amines is 1. The van der Waals surface area contributed by atoms with Crippen molar-refractivity contribution in [2.45, 2.75) is 45.1 Å². The van der Waals surface area contributed by atoms with Crippen LogP contribution < -0.4 is 5.32 Å². The zero-order chi connectivity index (χ0) is 21.1. The molecule has 2 saturated heterocycles. The number of hydrogen-bond donors (Lipinski definition) is 2. The lowest BCUT2D eigenvalue weighted by Gasteiger charge is -2.24. The van der Waals surface area contributed by atoms with Gasteiger partial charge >= 0.3 is 0 Å². The van der Waals surface area contributed by atoms with Gasteiger partial charge in [-0.05, 0) is 32.3 Å². The molecule has 0 radical (unpaired) electrons. The predicted octanol–water partition coefficient (Wildman–Crippen LogP) is 1.50. The molecule has 2 fully saturated rings. The maximum absolute atomic E-state index is 13.0. The fourth-order valence-corrected chi connectivity index (χ4v) is 4.19. The van der Waals surface area contributed by atoms with E-state index in [4.69, 9.17) is 4.74 Å². The van der Waals surface area contributed by atoms with Crippen molar-refractivity contribution in [3.8, 4) is 0 Å². The van der Waals surface area contributed by atoms with Gasteiger partial charge in [-0.15, -0.1) is 0 Å². The van der Waals surface area contributed by atoms with Gasteiger partial charge < -0.3 is 15.0 Å². The first-order valence-corrected chi connectivity index (χ1v) is 10.6. The Balaban J connectivity index is 1.46. The van der Waals surface area contributed by atoms with Crippen LogP contribution in [0.5, 0.6) is 0 Å². The van der Waals surface area contributed by atoms with Gasteiger partial charge in [0.25, 0.3) is 0 Å². The van der Waals surface area contributed by atoms with Gasteiger partial charge in [-0.1, -0.05) is 29.8 Å². The summed E-state index contributed by atoms with van der Waals surface area (Å²) in [6, 6.07) is 7.82. The third kappa shape index (κ3) is 4.70. The lowest BCUT2D eigenvalue weighted by atomic mass is 9.97. The van der Waals surface area contributed by atoms with E-state index in [9.17, 15) is 9.59 Å². The summed E-state index contributed by atoms with van der Waals surface area (Å²) in [4.78, 5) is 32.1. The molecule has 0 unspecified atom stereocenters. The van der Waals surface area contributed by atoms with Gasteiger partial charge in [0, 0.05) is 32.2 Å². The Morgan fingerprint density at radius 2 is 1.90 bits per heavy atom. The van der Waals surface area contributed by atoms with Crippen LogP contribution in [0.1, 0.15) is 41.5 Å². The first-order chi connectivity index (χ1) is 14.5. The highest BCUT2D eigenvalue weighted by Crippen LogP contribution is 2.27. The molecule has 2 aliphatic rings. The number of hydrogen-bond acceptors (Lipinski definition) is 5. The smallest absolute Gasteiger partial charge is 0.227 e. The van der Waals surface area contributed by atoms with E-state index in [1.807, 2.05) is 43.0 Å². The third-order valence-corrected chi connectivity index (χ3v) is 6.01. The van der Waals surface area contributed by atoms with Gasteiger partial charge in [0.15, 0.2) is 5.82 Å². The molecule has 0 aliphatic carbocycles. The quantitative estimate of drug-likeness (QED) is 0.777. The average Bonchev–Trinajstić information content (AvgIpc) is 3.36. The van der Waals surface area contributed by atoms with Gasteiger partial charge in [0.05, 0.1) is 18.4 Å². The van der Waals surface area contributed by atoms with Crippen LogP contribution in [0, 0.1) is 19.8 Å². The molecule has 2 amide bonds. The Morgan fingerprint density at radius 1 is 1.17 bits per heavy atom. The van der Waals surface area contributed by atoms with Crippen molar-refractivity contribution in [3.63, 3.8) is 0 Å². The average molecular weight is 412 g/mol. The number of carbonyl (C=O) groups is 2.